The Bertz CT molecular complexity index is 240. The molecule has 0 atom stereocenters. The third kappa shape index (κ3) is 2.72. The van der Waals surface area contributed by atoms with E-state index in [0.29, 0.717) is 13.2 Å². The first-order chi connectivity index (χ1) is 7.74. The standard InChI is InChI=1S/C11H19NO4/c1-14-8-10(13)12-9-2-4-11(5-3-9)15-6-7-16-11/h9H,2-8H2,1H3,(H,12,13). The number of nitrogens with one attached hydrogen (secondary N) is 1. The van der Waals surface area contributed by atoms with Crippen LogP contribution in [0.15, 0.2) is 0 Å². The van der Waals surface area contributed by atoms with E-state index >= 15 is 0 Å². The van der Waals surface area contributed by atoms with E-state index in [9.17, 15) is 4.79 Å². The average molecular weight is 229 g/mol. The number of carbonyl (C=O) groups excluding carboxylic acids is 1. The van der Waals surface area contributed by atoms with Crippen molar-refractivity contribution in [1.82, 2.24) is 5.32 Å². The van der Waals surface area contributed by atoms with Gasteiger partial charge in [0.25, 0.3) is 0 Å². The lowest BCUT2D eigenvalue weighted by atomic mass is 9.90. The van der Waals surface area contributed by atoms with Gasteiger partial charge in [-0.3, -0.25) is 4.79 Å². The molecule has 1 spiro atoms. The van der Waals surface area contributed by atoms with Crippen LogP contribution in [0.3, 0.4) is 0 Å². The first-order valence-corrected chi connectivity index (χ1v) is 5.80. The fourth-order valence-electron chi connectivity index (χ4n) is 2.39. The van der Waals surface area contributed by atoms with Gasteiger partial charge in [0.15, 0.2) is 5.79 Å². The minimum atomic E-state index is -0.345. The summed E-state index contributed by atoms with van der Waals surface area (Å²) in [7, 11) is 1.52. The topological polar surface area (TPSA) is 56.8 Å². The average Bonchev–Trinajstić information content (AvgIpc) is 2.71. The van der Waals surface area contributed by atoms with Crippen molar-refractivity contribution in [2.24, 2.45) is 0 Å². The van der Waals surface area contributed by atoms with Gasteiger partial charge >= 0.3 is 0 Å². The molecule has 2 rings (SSSR count). The normalized spacial score (nSPS) is 24.8. The Morgan fingerprint density at radius 1 is 1.38 bits per heavy atom. The van der Waals surface area contributed by atoms with Crippen molar-refractivity contribution < 1.29 is 19.0 Å². The molecule has 1 aliphatic carbocycles. The van der Waals surface area contributed by atoms with Crippen LogP contribution < -0.4 is 5.32 Å². The summed E-state index contributed by atoms with van der Waals surface area (Å²) in [6.07, 6.45) is 3.56. The number of hydrogen-bond acceptors (Lipinski definition) is 4. The molecule has 1 saturated heterocycles. The summed E-state index contributed by atoms with van der Waals surface area (Å²) in [4.78, 5) is 11.3. The van der Waals surface area contributed by atoms with Crippen LogP contribution in [-0.2, 0) is 19.0 Å². The fraction of sp³-hybridized carbons (Fsp3) is 0.909. The van der Waals surface area contributed by atoms with Gasteiger partial charge in [0.05, 0.1) is 13.2 Å². The molecule has 5 heteroatoms. The lowest BCUT2D eigenvalue weighted by Crippen LogP contribution is -2.44. The van der Waals surface area contributed by atoms with Gasteiger partial charge in [-0.25, -0.2) is 0 Å². The Labute approximate surface area is 95.4 Å². The maximum Gasteiger partial charge on any atom is 0.246 e. The van der Waals surface area contributed by atoms with Crippen molar-refractivity contribution in [2.45, 2.75) is 37.5 Å². The summed E-state index contributed by atoms with van der Waals surface area (Å²) in [5.41, 5.74) is 0. The fourth-order valence-corrected chi connectivity index (χ4v) is 2.39. The number of carbonyl (C=O) groups is 1. The molecule has 0 bridgehead atoms. The van der Waals surface area contributed by atoms with Gasteiger partial charge in [0.2, 0.25) is 5.91 Å². The quantitative estimate of drug-likeness (QED) is 0.762. The number of rotatable bonds is 3. The third-order valence-corrected chi connectivity index (χ3v) is 3.20. The molecule has 2 aliphatic rings. The first-order valence-electron chi connectivity index (χ1n) is 5.80. The number of ether oxygens (including phenoxy) is 3. The van der Waals surface area contributed by atoms with Gasteiger partial charge in [0, 0.05) is 26.0 Å². The molecule has 0 aromatic heterocycles. The minimum Gasteiger partial charge on any atom is -0.375 e. The van der Waals surface area contributed by atoms with Crippen LogP contribution in [0, 0.1) is 0 Å². The Kier molecular flexibility index (Phi) is 3.78. The highest BCUT2D eigenvalue weighted by Crippen LogP contribution is 2.35. The van der Waals surface area contributed by atoms with Crippen LogP contribution in [0.25, 0.3) is 0 Å². The second-order valence-corrected chi connectivity index (χ2v) is 4.38. The molecule has 92 valence electrons. The molecule has 0 aromatic carbocycles. The number of methoxy groups -OCH3 is 1. The summed E-state index contributed by atoms with van der Waals surface area (Å²) in [6, 6.07) is 0.237. The second-order valence-electron chi connectivity index (χ2n) is 4.38. The van der Waals surface area contributed by atoms with Crippen molar-refractivity contribution >= 4 is 5.91 Å². The monoisotopic (exact) mass is 229 g/mol. The second kappa shape index (κ2) is 5.12. The predicted octanol–water partition coefficient (Wildman–Crippen LogP) is 0.435. The molecule has 1 aliphatic heterocycles. The molecule has 0 unspecified atom stereocenters. The van der Waals surface area contributed by atoms with E-state index < -0.39 is 0 Å². The molecule has 1 saturated carbocycles. The highest BCUT2D eigenvalue weighted by atomic mass is 16.7. The summed E-state index contributed by atoms with van der Waals surface area (Å²) in [5.74, 6) is -0.389. The zero-order valence-corrected chi connectivity index (χ0v) is 9.66. The maximum atomic E-state index is 11.3. The third-order valence-electron chi connectivity index (χ3n) is 3.20. The highest BCUT2D eigenvalue weighted by Gasteiger charge is 2.40. The largest absolute Gasteiger partial charge is 0.375 e. The van der Waals surface area contributed by atoms with Crippen molar-refractivity contribution in [3.8, 4) is 0 Å². The Morgan fingerprint density at radius 2 is 2.00 bits per heavy atom. The van der Waals surface area contributed by atoms with E-state index in [0.717, 1.165) is 25.7 Å². The lowest BCUT2D eigenvalue weighted by Gasteiger charge is -2.35. The van der Waals surface area contributed by atoms with Gasteiger partial charge in [-0.2, -0.15) is 0 Å². The molecule has 1 heterocycles. The van der Waals surface area contributed by atoms with Gasteiger partial charge in [-0.15, -0.1) is 0 Å². The van der Waals surface area contributed by atoms with E-state index in [1.165, 1.54) is 7.11 Å². The summed E-state index contributed by atoms with van der Waals surface area (Å²) < 4.78 is 16.0. The van der Waals surface area contributed by atoms with Gasteiger partial charge in [-0.1, -0.05) is 0 Å². The van der Waals surface area contributed by atoms with Crippen LogP contribution in [0.2, 0.25) is 0 Å². The molecule has 16 heavy (non-hydrogen) atoms. The van der Waals surface area contributed by atoms with Gasteiger partial charge in [-0.05, 0) is 12.8 Å². The smallest absolute Gasteiger partial charge is 0.246 e. The molecule has 0 aromatic rings. The lowest BCUT2D eigenvalue weighted by molar-refractivity contribution is -0.180. The zero-order valence-electron chi connectivity index (χ0n) is 9.66. The first kappa shape index (κ1) is 11.8. The molecule has 5 nitrogen and oxygen atoms in total. The molecule has 0 radical (unpaired) electrons. The molecular formula is C11H19NO4. The minimum absolute atomic E-state index is 0.0447. The van der Waals surface area contributed by atoms with Crippen LogP contribution in [0.4, 0.5) is 0 Å². The van der Waals surface area contributed by atoms with Crippen LogP contribution in [-0.4, -0.2) is 44.7 Å². The summed E-state index contributed by atoms with van der Waals surface area (Å²) >= 11 is 0. The summed E-state index contributed by atoms with van der Waals surface area (Å²) in [6.45, 7) is 1.52. The van der Waals surface area contributed by atoms with Crippen molar-refractivity contribution in [1.29, 1.82) is 0 Å². The summed E-state index contributed by atoms with van der Waals surface area (Å²) in [5, 5.41) is 2.95. The van der Waals surface area contributed by atoms with Crippen molar-refractivity contribution in [3.05, 3.63) is 0 Å². The van der Waals surface area contributed by atoms with Crippen molar-refractivity contribution in [2.75, 3.05) is 26.9 Å². The molecule has 2 fully saturated rings. The van der Waals surface area contributed by atoms with E-state index in [4.69, 9.17) is 14.2 Å². The molecule has 1 amide bonds. The number of amides is 1. The Balaban J connectivity index is 1.74. The van der Waals surface area contributed by atoms with E-state index in [-0.39, 0.29) is 24.3 Å². The Morgan fingerprint density at radius 3 is 2.56 bits per heavy atom. The highest BCUT2D eigenvalue weighted by molar-refractivity contribution is 5.77. The number of hydrogen-bond donors (Lipinski definition) is 1. The predicted molar refractivity (Wildman–Crippen MR) is 56.9 cm³/mol. The van der Waals surface area contributed by atoms with Crippen LogP contribution >= 0.6 is 0 Å². The van der Waals surface area contributed by atoms with E-state index in [2.05, 4.69) is 5.32 Å². The van der Waals surface area contributed by atoms with Gasteiger partial charge < -0.3 is 19.5 Å². The molecular weight excluding hydrogens is 210 g/mol. The van der Waals surface area contributed by atoms with Crippen LogP contribution in [0.1, 0.15) is 25.7 Å². The van der Waals surface area contributed by atoms with Gasteiger partial charge in [0.1, 0.15) is 6.61 Å². The SMILES string of the molecule is COCC(=O)NC1CCC2(CC1)OCCO2. The van der Waals surface area contributed by atoms with Crippen LogP contribution in [0.5, 0.6) is 0 Å². The van der Waals surface area contributed by atoms with E-state index in [1.807, 2.05) is 0 Å². The molecule has 1 N–H and O–H groups in total. The van der Waals surface area contributed by atoms with E-state index in [1.54, 1.807) is 0 Å². The maximum absolute atomic E-state index is 11.3. The van der Waals surface area contributed by atoms with Crippen molar-refractivity contribution in [3.63, 3.8) is 0 Å². The Hall–Kier alpha value is -0.650. The zero-order chi connectivity index (χ0) is 11.4.